The highest BCUT2D eigenvalue weighted by molar-refractivity contribution is 5.41. The average molecular weight is 293 g/mol. The molecule has 0 bridgehead atoms. The van der Waals surface area contributed by atoms with E-state index in [0.717, 1.165) is 11.6 Å². The van der Waals surface area contributed by atoms with Crippen molar-refractivity contribution in [2.75, 3.05) is 7.11 Å². The zero-order valence-electron chi connectivity index (χ0n) is 11.9. The first-order valence-electron chi connectivity index (χ1n) is 6.55. The minimum Gasteiger partial charge on any atom is -0.504 e. The van der Waals surface area contributed by atoms with Crippen LogP contribution in [-0.2, 0) is 6.54 Å². The van der Waals surface area contributed by atoms with E-state index >= 15 is 0 Å². The topological polar surface area (TPSA) is 41.5 Å². The fraction of sp³-hybridized carbons (Fsp3) is 0.250. The van der Waals surface area contributed by atoms with Crippen molar-refractivity contribution in [3.05, 3.63) is 59.2 Å². The summed E-state index contributed by atoms with van der Waals surface area (Å²) in [6, 6.07) is 8.76. The van der Waals surface area contributed by atoms with Crippen LogP contribution >= 0.6 is 0 Å². The zero-order chi connectivity index (χ0) is 15.4. The van der Waals surface area contributed by atoms with Crippen LogP contribution in [0.3, 0.4) is 0 Å². The summed E-state index contributed by atoms with van der Waals surface area (Å²) in [6.45, 7) is 2.38. The molecular formula is C16H17F2NO2. The summed E-state index contributed by atoms with van der Waals surface area (Å²) in [5.41, 5.74) is 1.58. The molecule has 0 heterocycles. The van der Waals surface area contributed by atoms with E-state index < -0.39 is 11.6 Å². The molecule has 0 aliphatic rings. The molecule has 0 fully saturated rings. The molecule has 2 N–H and O–H groups in total. The maximum absolute atomic E-state index is 13.2. The molecular weight excluding hydrogens is 276 g/mol. The van der Waals surface area contributed by atoms with Crippen molar-refractivity contribution in [1.29, 1.82) is 0 Å². The number of phenols is 1. The van der Waals surface area contributed by atoms with Gasteiger partial charge in [-0.3, -0.25) is 0 Å². The largest absolute Gasteiger partial charge is 0.504 e. The van der Waals surface area contributed by atoms with Crippen LogP contribution in [0.5, 0.6) is 11.5 Å². The number of benzene rings is 2. The van der Waals surface area contributed by atoms with Crippen molar-refractivity contribution < 1.29 is 18.6 Å². The molecule has 0 spiro atoms. The zero-order valence-corrected chi connectivity index (χ0v) is 11.9. The van der Waals surface area contributed by atoms with E-state index in [4.69, 9.17) is 4.74 Å². The Balaban J connectivity index is 2.03. The van der Waals surface area contributed by atoms with Crippen molar-refractivity contribution in [2.45, 2.75) is 19.5 Å². The first-order chi connectivity index (χ1) is 10.0. The number of aromatic hydroxyl groups is 1. The van der Waals surface area contributed by atoms with Crippen LogP contribution in [0.1, 0.15) is 24.1 Å². The maximum Gasteiger partial charge on any atom is 0.160 e. The predicted octanol–water partition coefficient (Wildman–Crippen LogP) is 3.53. The SMILES string of the molecule is COc1cc(CNC(C)c2ccc(F)c(F)c2)ccc1O. The van der Waals surface area contributed by atoms with Gasteiger partial charge in [-0.05, 0) is 42.3 Å². The lowest BCUT2D eigenvalue weighted by molar-refractivity contribution is 0.372. The van der Waals surface area contributed by atoms with Crippen LogP contribution in [0.4, 0.5) is 8.78 Å². The van der Waals surface area contributed by atoms with Gasteiger partial charge in [-0.25, -0.2) is 8.78 Å². The van der Waals surface area contributed by atoms with Crippen LogP contribution in [0.2, 0.25) is 0 Å². The number of halogens is 2. The number of ether oxygens (including phenoxy) is 1. The lowest BCUT2D eigenvalue weighted by Gasteiger charge is -2.15. The fourth-order valence-electron chi connectivity index (χ4n) is 2.00. The van der Waals surface area contributed by atoms with Crippen molar-refractivity contribution in [2.24, 2.45) is 0 Å². The molecule has 2 rings (SSSR count). The van der Waals surface area contributed by atoms with E-state index in [2.05, 4.69) is 5.32 Å². The molecule has 5 heteroatoms. The van der Waals surface area contributed by atoms with Gasteiger partial charge in [0.2, 0.25) is 0 Å². The smallest absolute Gasteiger partial charge is 0.160 e. The van der Waals surface area contributed by atoms with E-state index in [1.165, 1.54) is 13.2 Å². The van der Waals surface area contributed by atoms with E-state index in [0.29, 0.717) is 17.9 Å². The molecule has 3 nitrogen and oxygen atoms in total. The third kappa shape index (κ3) is 3.70. The van der Waals surface area contributed by atoms with Gasteiger partial charge in [0.15, 0.2) is 23.1 Å². The van der Waals surface area contributed by atoms with E-state index in [9.17, 15) is 13.9 Å². The Hall–Kier alpha value is -2.14. The van der Waals surface area contributed by atoms with Crippen molar-refractivity contribution in [1.82, 2.24) is 5.32 Å². The molecule has 1 atom stereocenters. The second kappa shape index (κ2) is 6.54. The van der Waals surface area contributed by atoms with Gasteiger partial charge >= 0.3 is 0 Å². The second-order valence-corrected chi connectivity index (χ2v) is 4.78. The van der Waals surface area contributed by atoms with Crippen molar-refractivity contribution in [3.63, 3.8) is 0 Å². The molecule has 2 aromatic rings. The molecule has 2 aromatic carbocycles. The third-order valence-electron chi connectivity index (χ3n) is 3.30. The van der Waals surface area contributed by atoms with Crippen molar-refractivity contribution >= 4 is 0 Å². The maximum atomic E-state index is 13.2. The molecule has 21 heavy (non-hydrogen) atoms. The monoisotopic (exact) mass is 293 g/mol. The summed E-state index contributed by atoms with van der Waals surface area (Å²) >= 11 is 0. The molecule has 112 valence electrons. The van der Waals surface area contributed by atoms with E-state index in [1.807, 2.05) is 6.92 Å². The molecule has 0 amide bonds. The third-order valence-corrected chi connectivity index (χ3v) is 3.30. The van der Waals surface area contributed by atoms with Gasteiger partial charge in [-0.2, -0.15) is 0 Å². The second-order valence-electron chi connectivity index (χ2n) is 4.78. The lowest BCUT2D eigenvalue weighted by atomic mass is 10.1. The lowest BCUT2D eigenvalue weighted by Crippen LogP contribution is -2.18. The van der Waals surface area contributed by atoms with Crippen LogP contribution in [-0.4, -0.2) is 12.2 Å². The van der Waals surface area contributed by atoms with Crippen LogP contribution in [0.15, 0.2) is 36.4 Å². The summed E-state index contributed by atoms with van der Waals surface area (Å²) in [5.74, 6) is -1.23. The van der Waals surface area contributed by atoms with E-state index in [-0.39, 0.29) is 11.8 Å². The molecule has 0 saturated heterocycles. The Morgan fingerprint density at radius 1 is 1.14 bits per heavy atom. The molecule has 0 aliphatic carbocycles. The first-order valence-corrected chi connectivity index (χ1v) is 6.55. The summed E-state index contributed by atoms with van der Waals surface area (Å²) in [6.07, 6.45) is 0. The highest BCUT2D eigenvalue weighted by Gasteiger charge is 2.09. The molecule has 0 aliphatic heterocycles. The molecule has 0 radical (unpaired) electrons. The Morgan fingerprint density at radius 3 is 2.57 bits per heavy atom. The Labute approximate surface area is 122 Å². The standard InChI is InChI=1S/C16H17F2NO2/c1-10(12-4-5-13(17)14(18)8-12)19-9-11-3-6-15(20)16(7-11)21-2/h3-8,10,19-20H,9H2,1-2H3. The van der Waals surface area contributed by atoms with Crippen molar-refractivity contribution in [3.8, 4) is 11.5 Å². The molecule has 1 unspecified atom stereocenters. The summed E-state index contributed by atoms with van der Waals surface area (Å²) < 4.78 is 31.1. The highest BCUT2D eigenvalue weighted by Crippen LogP contribution is 2.26. The highest BCUT2D eigenvalue weighted by atomic mass is 19.2. The molecule has 0 aromatic heterocycles. The molecule has 0 saturated carbocycles. The van der Waals surface area contributed by atoms with Gasteiger partial charge < -0.3 is 15.2 Å². The van der Waals surface area contributed by atoms with Gasteiger partial charge in [0.25, 0.3) is 0 Å². The van der Waals surface area contributed by atoms with Gasteiger partial charge in [0.05, 0.1) is 7.11 Å². The van der Waals surface area contributed by atoms with Crippen LogP contribution in [0, 0.1) is 11.6 Å². The number of hydrogen-bond acceptors (Lipinski definition) is 3. The predicted molar refractivity (Wildman–Crippen MR) is 76.3 cm³/mol. The van der Waals surface area contributed by atoms with E-state index in [1.54, 1.807) is 24.3 Å². The minimum absolute atomic E-state index is 0.0786. The quantitative estimate of drug-likeness (QED) is 0.886. The van der Waals surface area contributed by atoms with Crippen LogP contribution in [0.25, 0.3) is 0 Å². The van der Waals surface area contributed by atoms with Crippen LogP contribution < -0.4 is 10.1 Å². The number of phenolic OH excluding ortho intramolecular Hbond substituents is 1. The average Bonchev–Trinajstić information content (AvgIpc) is 2.48. The normalized spacial score (nSPS) is 12.2. The summed E-state index contributed by atoms with van der Waals surface area (Å²) in [5, 5.41) is 12.7. The fourth-order valence-corrected chi connectivity index (χ4v) is 2.00. The number of methoxy groups -OCH3 is 1. The number of rotatable bonds is 5. The summed E-state index contributed by atoms with van der Waals surface area (Å²) in [7, 11) is 1.48. The number of nitrogens with one attached hydrogen (secondary N) is 1. The van der Waals surface area contributed by atoms with Gasteiger partial charge in [0, 0.05) is 12.6 Å². The Bertz CT molecular complexity index is 632. The first kappa shape index (κ1) is 15.3. The Kier molecular flexibility index (Phi) is 4.75. The Morgan fingerprint density at radius 2 is 1.90 bits per heavy atom. The minimum atomic E-state index is -0.854. The van der Waals surface area contributed by atoms with Gasteiger partial charge in [-0.1, -0.05) is 12.1 Å². The summed E-state index contributed by atoms with van der Waals surface area (Å²) in [4.78, 5) is 0. The van der Waals surface area contributed by atoms with Gasteiger partial charge in [-0.15, -0.1) is 0 Å². The van der Waals surface area contributed by atoms with Gasteiger partial charge in [0.1, 0.15) is 0 Å². The number of hydrogen-bond donors (Lipinski definition) is 2.